The molecule has 31 heavy (non-hydrogen) atoms. The number of nitrogens with zero attached hydrogens (tertiary/aromatic N) is 2. The summed E-state index contributed by atoms with van der Waals surface area (Å²) in [6.45, 7) is 12.1. The second-order valence-electron chi connectivity index (χ2n) is 8.64. The molecule has 0 spiro atoms. The van der Waals surface area contributed by atoms with Gasteiger partial charge in [0.2, 0.25) is 11.8 Å². The number of nitrogens with one attached hydrogen (secondary N) is 2. The van der Waals surface area contributed by atoms with Gasteiger partial charge in [0.15, 0.2) is 0 Å². The first-order chi connectivity index (χ1) is 14.8. The van der Waals surface area contributed by atoms with Crippen LogP contribution in [0.25, 0.3) is 0 Å². The molecule has 6 heteroatoms. The van der Waals surface area contributed by atoms with Gasteiger partial charge in [0.05, 0.1) is 13.1 Å². The Morgan fingerprint density at radius 2 is 1.13 bits per heavy atom. The van der Waals surface area contributed by atoms with Gasteiger partial charge in [0.1, 0.15) is 0 Å². The van der Waals surface area contributed by atoms with E-state index in [9.17, 15) is 9.59 Å². The Hall–Kier alpha value is -2.70. The van der Waals surface area contributed by atoms with E-state index in [4.69, 9.17) is 0 Å². The highest BCUT2D eigenvalue weighted by Gasteiger charge is 2.19. The van der Waals surface area contributed by atoms with E-state index >= 15 is 0 Å². The first kappa shape index (κ1) is 23.0. The van der Waals surface area contributed by atoms with E-state index in [2.05, 4.69) is 20.4 Å². The highest BCUT2D eigenvalue weighted by Crippen LogP contribution is 2.17. The molecule has 0 radical (unpaired) electrons. The molecule has 2 aromatic carbocycles. The zero-order chi connectivity index (χ0) is 22.4. The van der Waals surface area contributed by atoms with Crippen molar-refractivity contribution in [2.45, 2.75) is 34.1 Å². The van der Waals surface area contributed by atoms with Gasteiger partial charge in [-0.1, -0.05) is 24.3 Å². The van der Waals surface area contributed by atoms with Crippen molar-refractivity contribution in [1.29, 1.82) is 0 Å². The Morgan fingerprint density at radius 3 is 1.55 bits per heavy atom. The molecule has 0 atom stereocenters. The van der Waals surface area contributed by atoms with Crippen LogP contribution >= 0.6 is 0 Å². The predicted octanol–water partition coefficient (Wildman–Crippen LogP) is 3.51. The number of anilines is 2. The molecule has 1 aliphatic heterocycles. The lowest BCUT2D eigenvalue weighted by Gasteiger charge is -2.21. The number of hydrogen-bond donors (Lipinski definition) is 2. The van der Waals surface area contributed by atoms with Gasteiger partial charge < -0.3 is 10.6 Å². The van der Waals surface area contributed by atoms with E-state index < -0.39 is 0 Å². The maximum absolute atomic E-state index is 12.5. The number of rotatable bonds is 6. The first-order valence-corrected chi connectivity index (χ1v) is 11.0. The van der Waals surface area contributed by atoms with E-state index in [-0.39, 0.29) is 11.8 Å². The highest BCUT2D eigenvalue weighted by atomic mass is 16.2. The Labute approximate surface area is 185 Å². The summed E-state index contributed by atoms with van der Waals surface area (Å²) in [6.07, 6.45) is 0.938. The number of hydrogen-bond acceptors (Lipinski definition) is 4. The van der Waals surface area contributed by atoms with Gasteiger partial charge in [0.25, 0.3) is 0 Å². The Bertz CT molecular complexity index is 866. The first-order valence-electron chi connectivity index (χ1n) is 11.0. The normalized spacial score (nSPS) is 15.4. The molecule has 2 amide bonds. The third-order valence-corrected chi connectivity index (χ3v) is 5.75. The fourth-order valence-corrected chi connectivity index (χ4v) is 3.87. The van der Waals surface area contributed by atoms with E-state index in [0.717, 1.165) is 66.2 Å². The molecule has 0 aromatic heterocycles. The molecule has 1 saturated heterocycles. The third kappa shape index (κ3) is 6.91. The van der Waals surface area contributed by atoms with E-state index in [1.54, 1.807) is 0 Å². The summed E-state index contributed by atoms with van der Waals surface area (Å²) >= 11 is 0. The maximum atomic E-state index is 12.5. The molecule has 1 heterocycles. The van der Waals surface area contributed by atoms with Gasteiger partial charge in [0, 0.05) is 24.5 Å². The number of benzene rings is 2. The third-order valence-electron chi connectivity index (χ3n) is 5.75. The summed E-state index contributed by atoms with van der Waals surface area (Å²) in [5.74, 6) is 0.0182. The molecular weight excluding hydrogens is 388 g/mol. The zero-order valence-corrected chi connectivity index (χ0v) is 19.1. The number of carbonyl (C=O) groups is 2. The van der Waals surface area contributed by atoms with Gasteiger partial charge in [-0.05, 0) is 81.6 Å². The molecule has 6 nitrogen and oxygen atoms in total. The Balaban J connectivity index is 1.47. The van der Waals surface area contributed by atoms with Gasteiger partial charge in [-0.25, -0.2) is 0 Å². The lowest BCUT2D eigenvalue weighted by molar-refractivity contribution is -0.118. The molecule has 166 valence electrons. The van der Waals surface area contributed by atoms with Crippen LogP contribution in [-0.4, -0.2) is 60.9 Å². The van der Waals surface area contributed by atoms with Crippen molar-refractivity contribution in [2.24, 2.45) is 0 Å². The molecule has 0 aliphatic carbocycles. The fourth-order valence-electron chi connectivity index (χ4n) is 3.87. The van der Waals surface area contributed by atoms with Crippen LogP contribution < -0.4 is 10.6 Å². The van der Waals surface area contributed by atoms with Gasteiger partial charge in [-0.2, -0.15) is 0 Å². The van der Waals surface area contributed by atoms with Gasteiger partial charge in [-0.3, -0.25) is 19.4 Å². The van der Waals surface area contributed by atoms with Crippen molar-refractivity contribution < 1.29 is 9.59 Å². The van der Waals surface area contributed by atoms with Crippen molar-refractivity contribution in [3.63, 3.8) is 0 Å². The summed E-state index contributed by atoms with van der Waals surface area (Å²) in [6, 6.07) is 12.2. The lowest BCUT2D eigenvalue weighted by atomic mass is 10.1. The SMILES string of the molecule is Cc1ccc(C)c(NC(=O)CN2CCCN(CC(=O)Nc3cc(C)ccc3C)CC2)c1. The predicted molar refractivity (Wildman–Crippen MR) is 127 cm³/mol. The van der Waals surface area contributed by atoms with Crippen LogP contribution in [0.15, 0.2) is 36.4 Å². The quantitative estimate of drug-likeness (QED) is 0.748. The van der Waals surface area contributed by atoms with Gasteiger partial charge >= 0.3 is 0 Å². The number of amides is 2. The molecule has 2 N–H and O–H groups in total. The fraction of sp³-hybridized carbons (Fsp3) is 0.440. The van der Waals surface area contributed by atoms with Crippen molar-refractivity contribution in [3.05, 3.63) is 58.7 Å². The summed E-state index contributed by atoms with van der Waals surface area (Å²) in [5, 5.41) is 6.08. The van der Waals surface area contributed by atoms with Gasteiger partial charge in [-0.15, -0.1) is 0 Å². The largest absolute Gasteiger partial charge is 0.325 e. The molecule has 0 unspecified atom stereocenters. The standard InChI is InChI=1S/C25H34N4O2/c1-18-6-8-20(3)22(14-18)26-24(30)16-28-10-5-11-29(13-12-28)17-25(31)27-23-15-19(2)7-9-21(23)4/h6-9,14-15H,5,10-13,16-17H2,1-4H3,(H,26,30)(H,27,31). The number of aryl methyl sites for hydroxylation is 4. The zero-order valence-electron chi connectivity index (χ0n) is 19.1. The van der Waals surface area contributed by atoms with Crippen molar-refractivity contribution in [3.8, 4) is 0 Å². The van der Waals surface area contributed by atoms with Crippen molar-refractivity contribution >= 4 is 23.2 Å². The van der Waals surface area contributed by atoms with E-state index in [1.165, 1.54) is 0 Å². The smallest absolute Gasteiger partial charge is 0.238 e. The van der Waals surface area contributed by atoms with E-state index in [1.807, 2.05) is 64.1 Å². The molecule has 3 rings (SSSR count). The molecule has 1 fully saturated rings. The second kappa shape index (κ2) is 10.6. The number of carbonyl (C=O) groups excluding carboxylic acids is 2. The van der Waals surface area contributed by atoms with Crippen LogP contribution in [0.4, 0.5) is 11.4 Å². The Kier molecular flexibility index (Phi) is 7.82. The molecule has 0 saturated carbocycles. The highest BCUT2D eigenvalue weighted by molar-refractivity contribution is 5.93. The lowest BCUT2D eigenvalue weighted by Crippen LogP contribution is -2.38. The average molecular weight is 423 g/mol. The average Bonchev–Trinajstić information content (AvgIpc) is 2.92. The summed E-state index contributed by atoms with van der Waals surface area (Å²) < 4.78 is 0. The maximum Gasteiger partial charge on any atom is 0.238 e. The summed E-state index contributed by atoms with van der Waals surface area (Å²) in [4.78, 5) is 29.4. The molecule has 2 aromatic rings. The monoisotopic (exact) mass is 422 g/mol. The molecular formula is C25H34N4O2. The minimum atomic E-state index is 0.00909. The van der Waals surface area contributed by atoms with Crippen molar-refractivity contribution in [2.75, 3.05) is 49.9 Å². The summed E-state index contributed by atoms with van der Waals surface area (Å²) in [5.41, 5.74) is 6.15. The van der Waals surface area contributed by atoms with Crippen LogP contribution in [0.1, 0.15) is 28.7 Å². The molecule has 0 bridgehead atoms. The summed E-state index contributed by atoms with van der Waals surface area (Å²) in [7, 11) is 0. The minimum Gasteiger partial charge on any atom is -0.325 e. The Morgan fingerprint density at radius 1 is 0.710 bits per heavy atom. The second-order valence-corrected chi connectivity index (χ2v) is 8.64. The molecule has 1 aliphatic rings. The van der Waals surface area contributed by atoms with Crippen LogP contribution in [0, 0.1) is 27.7 Å². The van der Waals surface area contributed by atoms with Crippen LogP contribution in [0.5, 0.6) is 0 Å². The topological polar surface area (TPSA) is 64.7 Å². The van der Waals surface area contributed by atoms with Crippen LogP contribution in [0.3, 0.4) is 0 Å². The van der Waals surface area contributed by atoms with Crippen molar-refractivity contribution in [1.82, 2.24) is 9.80 Å². The minimum absolute atomic E-state index is 0.00909. The van der Waals surface area contributed by atoms with E-state index in [0.29, 0.717) is 13.1 Å². The van der Waals surface area contributed by atoms with Crippen LogP contribution in [-0.2, 0) is 9.59 Å². The van der Waals surface area contributed by atoms with Crippen LogP contribution in [0.2, 0.25) is 0 Å².